The number of hydrogen-bond acceptors (Lipinski definition) is 5. The molecule has 0 N–H and O–H groups in total. The van der Waals surface area contributed by atoms with Crippen LogP contribution in [0.1, 0.15) is 62.9 Å². The number of benzene rings is 1. The summed E-state index contributed by atoms with van der Waals surface area (Å²) in [4.78, 5) is 27.4. The number of carbonyl (C=O) groups excluding carboxylic acids is 1. The fraction of sp³-hybridized carbons (Fsp3) is 0.433. The maximum absolute atomic E-state index is 14.3. The van der Waals surface area contributed by atoms with Gasteiger partial charge >= 0.3 is 0 Å². The van der Waals surface area contributed by atoms with Crippen LogP contribution in [0.3, 0.4) is 0 Å². The summed E-state index contributed by atoms with van der Waals surface area (Å²) in [6.45, 7) is 10.4. The molecule has 2 atom stereocenters. The maximum atomic E-state index is 14.3. The lowest BCUT2D eigenvalue weighted by atomic mass is 9.79. The van der Waals surface area contributed by atoms with E-state index in [2.05, 4.69) is 47.7 Å². The summed E-state index contributed by atoms with van der Waals surface area (Å²) in [6.07, 6.45) is 4.13. The van der Waals surface area contributed by atoms with Gasteiger partial charge in [0.05, 0.1) is 11.4 Å². The number of ketones is 1. The van der Waals surface area contributed by atoms with Crippen molar-refractivity contribution in [1.29, 1.82) is 0 Å². The summed E-state index contributed by atoms with van der Waals surface area (Å²) in [6, 6.07) is 15.6. The van der Waals surface area contributed by atoms with Crippen LogP contribution in [0, 0.1) is 18.7 Å². The molecule has 2 aliphatic rings. The van der Waals surface area contributed by atoms with Crippen LogP contribution >= 0.6 is 0 Å². The summed E-state index contributed by atoms with van der Waals surface area (Å²) < 4.78 is 14.3. The van der Waals surface area contributed by atoms with Crippen LogP contribution in [0.4, 0.5) is 21.6 Å². The first-order valence-corrected chi connectivity index (χ1v) is 13.0. The van der Waals surface area contributed by atoms with Crippen molar-refractivity contribution < 1.29 is 9.18 Å². The number of Topliss-reactive ketones (excluding diaryl/α,β-unsaturated/α-hetero) is 1. The van der Waals surface area contributed by atoms with Crippen molar-refractivity contribution in [2.24, 2.45) is 5.92 Å². The van der Waals surface area contributed by atoms with Crippen LogP contribution in [0.15, 0.2) is 54.7 Å². The van der Waals surface area contributed by atoms with Crippen molar-refractivity contribution in [2.75, 3.05) is 29.4 Å². The SMILES string of the molecule is CCCC(=O)[C@@H]1CN(c2ccc3c(n2)C(C)(C)CN3c2ccc(C)c(F)c2)CC[C@@H]1c1ccccn1. The van der Waals surface area contributed by atoms with Crippen LogP contribution in [0.2, 0.25) is 0 Å². The molecule has 1 saturated heterocycles. The Morgan fingerprint density at radius 1 is 1.17 bits per heavy atom. The number of fused-ring (bicyclic) bond motifs is 1. The Hall–Kier alpha value is -3.28. The lowest BCUT2D eigenvalue weighted by molar-refractivity contribution is -0.123. The Kier molecular flexibility index (Phi) is 6.54. The summed E-state index contributed by atoms with van der Waals surface area (Å²) in [5, 5.41) is 0. The standard InChI is InChI=1S/C30H35FN4O/c1-5-8-27(36)23-18-34(16-14-22(23)25-9-6-7-15-32-25)28-13-12-26-29(33-28)30(3,4)19-35(26)21-11-10-20(2)24(31)17-21/h6-7,9-13,15,17,22-23H,5,8,14,16,18-19H2,1-4H3/t22-,23+/m0/s1. The van der Waals surface area contributed by atoms with Crippen molar-refractivity contribution in [1.82, 2.24) is 9.97 Å². The van der Waals surface area contributed by atoms with Gasteiger partial charge in [0, 0.05) is 60.9 Å². The molecule has 1 fully saturated rings. The summed E-state index contributed by atoms with van der Waals surface area (Å²) in [7, 11) is 0. The second-order valence-electron chi connectivity index (χ2n) is 10.9. The molecule has 0 spiro atoms. The number of aromatic nitrogens is 2. The lowest BCUT2D eigenvalue weighted by Crippen LogP contribution is -2.43. The Balaban J connectivity index is 1.44. The summed E-state index contributed by atoms with van der Waals surface area (Å²) in [5.74, 6) is 1.07. The Bertz CT molecular complexity index is 1260. The number of nitrogens with zero attached hydrogens (tertiary/aromatic N) is 4. The second-order valence-corrected chi connectivity index (χ2v) is 10.9. The zero-order valence-corrected chi connectivity index (χ0v) is 21.7. The van der Waals surface area contributed by atoms with Gasteiger partial charge < -0.3 is 9.80 Å². The molecule has 5 rings (SSSR count). The largest absolute Gasteiger partial charge is 0.356 e. The molecule has 0 bridgehead atoms. The van der Waals surface area contributed by atoms with Gasteiger partial charge in [-0.3, -0.25) is 9.78 Å². The van der Waals surface area contributed by atoms with E-state index < -0.39 is 0 Å². The third-order valence-corrected chi connectivity index (χ3v) is 7.73. The minimum absolute atomic E-state index is 0.0938. The third-order valence-electron chi connectivity index (χ3n) is 7.73. The zero-order chi connectivity index (χ0) is 25.4. The number of halogens is 1. The lowest BCUT2D eigenvalue weighted by Gasteiger charge is -2.38. The summed E-state index contributed by atoms with van der Waals surface area (Å²) in [5.41, 5.74) is 4.36. The zero-order valence-electron chi connectivity index (χ0n) is 21.7. The van der Waals surface area contributed by atoms with Gasteiger partial charge in [0.15, 0.2) is 0 Å². The van der Waals surface area contributed by atoms with Crippen molar-refractivity contribution in [3.05, 3.63) is 77.5 Å². The van der Waals surface area contributed by atoms with E-state index in [0.29, 0.717) is 24.3 Å². The van der Waals surface area contributed by atoms with Crippen LogP contribution in [0.5, 0.6) is 0 Å². The highest BCUT2D eigenvalue weighted by Crippen LogP contribution is 2.45. The van der Waals surface area contributed by atoms with Gasteiger partial charge in [0.1, 0.15) is 17.4 Å². The highest BCUT2D eigenvalue weighted by molar-refractivity contribution is 5.83. The Morgan fingerprint density at radius 3 is 2.72 bits per heavy atom. The molecule has 4 heterocycles. The fourth-order valence-corrected chi connectivity index (χ4v) is 5.74. The van der Waals surface area contributed by atoms with Crippen molar-refractivity contribution in [2.45, 2.75) is 58.3 Å². The van der Waals surface area contributed by atoms with Gasteiger partial charge in [-0.15, -0.1) is 0 Å². The molecule has 188 valence electrons. The molecule has 1 aromatic carbocycles. The van der Waals surface area contributed by atoms with E-state index in [9.17, 15) is 9.18 Å². The van der Waals surface area contributed by atoms with E-state index in [4.69, 9.17) is 4.98 Å². The normalized spacial score (nSPS) is 20.9. The molecule has 3 aromatic rings. The van der Waals surface area contributed by atoms with E-state index >= 15 is 0 Å². The number of pyridine rings is 2. The van der Waals surface area contributed by atoms with Gasteiger partial charge in [0.25, 0.3) is 0 Å². The van der Waals surface area contributed by atoms with Crippen LogP contribution in [-0.4, -0.2) is 35.4 Å². The van der Waals surface area contributed by atoms with Crippen LogP contribution < -0.4 is 9.80 Å². The Morgan fingerprint density at radius 2 is 2.00 bits per heavy atom. The molecular formula is C30H35FN4O. The minimum Gasteiger partial charge on any atom is -0.356 e. The fourth-order valence-electron chi connectivity index (χ4n) is 5.74. The Labute approximate surface area is 213 Å². The predicted octanol–water partition coefficient (Wildman–Crippen LogP) is 6.33. The number of carbonyl (C=O) groups is 1. The molecule has 2 aromatic heterocycles. The quantitative estimate of drug-likeness (QED) is 0.407. The number of piperidine rings is 1. The predicted molar refractivity (Wildman–Crippen MR) is 143 cm³/mol. The van der Waals surface area contributed by atoms with Gasteiger partial charge in [-0.1, -0.05) is 32.9 Å². The number of anilines is 3. The maximum Gasteiger partial charge on any atom is 0.138 e. The minimum atomic E-state index is -0.193. The molecule has 0 aliphatic carbocycles. The second kappa shape index (κ2) is 9.64. The number of aryl methyl sites for hydroxylation is 1. The molecule has 2 aliphatic heterocycles. The smallest absolute Gasteiger partial charge is 0.138 e. The highest BCUT2D eigenvalue weighted by Gasteiger charge is 2.40. The molecule has 0 radical (unpaired) electrons. The van der Waals surface area contributed by atoms with Crippen LogP contribution in [0.25, 0.3) is 0 Å². The van der Waals surface area contributed by atoms with Gasteiger partial charge in [-0.2, -0.15) is 0 Å². The number of hydrogen-bond donors (Lipinski definition) is 0. The number of rotatable bonds is 6. The van der Waals surface area contributed by atoms with Gasteiger partial charge in [-0.05, 0) is 61.7 Å². The van der Waals surface area contributed by atoms with E-state index in [1.54, 1.807) is 13.0 Å². The molecule has 0 amide bonds. The van der Waals surface area contributed by atoms with Crippen molar-refractivity contribution in [3.63, 3.8) is 0 Å². The molecule has 5 nitrogen and oxygen atoms in total. The average molecular weight is 487 g/mol. The van der Waals surface area contributed by atoms with Gasteiger partial charge in [0.2, 0.25) is 0 Å². The van der Waals surface area contributed by atoms with E-state index in [1.165, 1.54) is 0 Å². The van der Waals surface area contributed by atoms with Crippen molar-refractivity contribution >= 4 is 23.0 Å². The van der Waals surface area contributed by atoms with Crippen molar-refractivity contribution in [3.8, 4) is 0 Å². The molecule has 0 saturated carbocycles. The molecule has 6 heteroatoms. The van der Waals surface area contributed by atoms with E-state index in [-0.39, 0.29) is 23.1 Å². The first kappa shape index (κ1) is 24.4. The van der Waals surface area contributed by atoms with Crippen LogP contribution in [-0.2, 0) is 10.2 Å². The summed E-state index contributed by atoms with van der Waals surface area (Å²) >= 11 is 0. The van der Waals surface area contributed by atoms with Gasteiger partial charge in [-0.25, -0.2) is 9.37 Å². The van der Waals surface area contributed by atoms with E-state index in [0.717, 1.165) is 54.5 Å². The first-order chi connectivity index (χ1) is 17.3. The molecule has 0 unspecified atom stereocenters. The molecular weight excluding hydrogens is 451 g/mol. The monoisotopic (exact) mass is 486 g/mol. The highest BCUT2D eigenvalue weighted by atomic mass is 19.1. The third kappa shape index (κ3) is 4.49. The topological polar surface area (TPSA) is 49.3 Å². The molecule has 36 heavy (non-hydrogen) atoms. The van der Waals surface area contributed by atoms with E-state index in [1.807, 2.05) is 36.5 Å². The first-order valence-electron chi connectivity index (χ1n) is 13.0. The average Bonchev–Trinajstić information content (AvgIpc) is 3.16.